The number of nitrogens with one attached hydrogen (secondary N) is 1. The second-order valence-corrected chi connectivity index (χ2v) is 5.98. The molecule has 1 fully saturated rings. The number of carbonyl (C=O) groups excluding carboxylic acids is 2. The fourth-order valence-electron chi connectivity index (χ4n) is 2.14. The van der Waals surface area contributed by atoms with E-state index in [-0.39, 0.29) is 11.8 Å². The Labute approximate surface area is 131 Å². The standard InChI is InChI=1S/C14H17IN2O3/c15-11-4-2-1-3-9(11)7-12(13(16)18)17-14(19)10-5-6-20-8-10/h1-4,10,12H,5-8H2,(H2,16,18)(H,17,19)/t10-,12+/m1/s1. The SMILES string of the molecule is NC(=O)[C@H](Cc1ccccc1I)NC(=O)[C@@H]1CCOC1. The molecule has 108 valence electrons. The van der Waals surface area contributed by atoms with Crippen LogP contribution in [0.1, 0.15) is 12.0 Å². The van der Waals surface area contributed by atoms with Crippen molar-refractivity contribution in [3.05, 3.63) is 33.4 Å². The summed E-state index contributed by atoms with van der Waals surface area (Å²) in [6, 6.07) is 7.05. The molecule has 2 amide bonds. The molecule has 0 spiro atoms. The van der Waals surface area contributed by atoms with E-state index in [2.05, 4.69) is 27.9 Å². The number of primary amides is 1. The van der Waals surface area contributed by atoms with E-state index in [9.17, 15) is 9.59 Å². The van der Waals surface area contributed by atoms with E-state index < -0.39 is 11.9 Å². The molecule has 0 saturated carbocycles. The molecule has 0 aliphatic carbocycles. The minimum absolute atomic E-state index is 0.155. The highest BCUT2D eigenvalue weighted by Gasteiger charge is 2.27. The van der Waals surface area contributed by atoms with Crippen LogP contribution in [-0.2, 0) is 20.7 Å². The molecule has 0 unspecified atom stereocenters. The predicted octanol–water partition coefficient (Wildman–Crippen LogP) is 0.840. The summed E-state index contributed by atoms with van der Waals surface area (Å²) in [7, 11) is 0. The number of halogens is 1. The summed E-state index contributed by atoms with van der Waals surface area (Å²) in [5.74, 6) is -0.846. The van der Waals surface area contributed by atoms with Gasteiger partial charge in [0.25, 0.3) is 0 Å². The van der Waals surface area contributed by atoms with E-state index in [0.717, 1.165) is 9.13 Å². The fourth-order valence-corrected chi connectivity index (χ4v) is 2.75. The van der Waals surface area contributed by atoms with E-state index in [1.165, 1.54) is 0 Å². The van der Waals surface area contributed by atoms with Gasteiger partial charge in [0, 0.05) is 16.6 Å². The van der Waals surface area contributed by atoms with Crippen molar-refractivity contribution in [3.8, 4) is 0 Å². The van der Waals surface area contributed by atoms with Crippen molar-refractivity contribution in [3.63, 3.8) is 0 Å². The first kappa shape index (κ1) is 15.2. The van der Waals surface area contributed by atoms with Gasteiger partial charge in [0.15, 0.2) is 0 Å². The maximum absolute atomic E-state index is 12.0. The lowest BCUT2D eigenvalue weighted by Gasteiger charge is -2.18. The van der Waals surface area contributed by atoms with E-state index in [0.29, 0.717) is 26.1 Å². The molecule has 5 nitrogen and oxygen atoms in total. The number of hydrogen-bond donors (Lipinski definition) is 2. The van der Waals surface area contributed by atoms with Crippen LogP contribution in [0.3, 0.4) is 0 Å². The molecular weight excluding hydrogens is 371 g/mol. The number of carbonyl (C=O) groups is 2. The van der Waals surface area contributed by atoms with Crippen LogP contribution in [0.4, 0.5) is 0 Å². The number of amides is 2. The Kier molecular flexibility index (Phi) is 5.36. The molecule has 2 atom stereocenters. The van der Waals surface area contributed by atoms with Gasteiger partial charge < -0.3 is 15.8 Å². The van der Waals surface area contributed by atoms with Gasteiger partial charge in [-0.2, -0.15) is 0 Å². The van der Waals surface area contributed by atoms with Gasteiger partial charge >= 0.3 is 0 Å². The summed E-state index contributed by atoms with van der Waals surface area (Å²) in [5, 5.41) is 2.74. The second-order valence-electron chi connectivity index (χ2n) is 4.82. The van der Waals surface area contributed by atoms with Gasteiger partial charge in [0.2, 0.25) is 11.8 Å². The third-order valence-corrected chi connectivity index (χ3v) is 4.39. The number of benzene rings is 1. The molecule has 1 aromatic rings. The van der Waals surface area contributed by atoms with E-state index in [4.69, 9.17) is 10.5 Å². The lowest BCUT2D eigenvalue weighted by atomic mass is 10.0. The Morgan fingerprint density at radius 2 is 2.20 bits per heavy atom. The van der Waals surface area contributed by atoms with Crippen LogP contribution in [-0.4, -0.2) is 31.1 Å². The molecule has 1 aliphatic heterocycles. The molecule has 1 aromatic carbocycles. The number of ether oxygens (including phenoxy) is 1. The maximum atomic E-state index is 12.0. The summed E-state index contributed by atoms with van der Waals surface area (Å²) < 4.78 is 6.23. The lowest BCUT2D eigenvalue weighted by molar-refractivity contribution is -0.129. The average Bonchev–Trinajstić information content (AvgIpc) is 2.94. The Balaban J connectivity index is 2.02. The van der Waals surface area contributed by atoms with Crippen molar-refractivity contribution in [2.24, 2.45) is 11.7 Å². The average molecular weight is 388 g/mol. The Bertz CT molecular complexity index is 501. The van der Waals surface area contributed by atoms with Crippen LogP contribution in [0.2, 0.25) is 0 Å². The van der Waals surface area contributed by atoms with Gasteiger partial charge in [-0.3, -0.25) is 9.59 Å². The molecule has 1 aliphatic rings. The van der Waals surface area contributed by atoms with Crippen LogP contribution in [0.25, 0.3) is 0 Å². The fraction of sp³-hybridized carbons (Fsp3) is 0.429. The topological polar surface area (TPSA) is 81.4 Å². The van der Waals surface area contributed by atoms with Crippen LogP contribution >= 0.6 is 22.6 Å². The van der Waals surface area contributed by atoms with Crippen LogP contribution in [0.5, 0.6) is 0 Å². The van der Waals surface area contributed by atoms with Gasteiger partial charge in [0.1, 0.15) is 6.04 Å². The number of hydrogen-bond acceptors (Lipinski definition) is 3. The van der Waals surface area contributed by atoms with E-state index in [1.807, 2.05) is 24.3 Å². The van der Waals surface area contributed by atoms with Gasteiger partial charge in [-0.1, -0.05) is 18.2 Å². The Morgan fingerprint density at radius 1 is 1.45 bits per heavy atom. The molecule has 20 heavy (non-hydrogen) atoms. The summed E-state index contributed by atoms with van der Waals surface area (Å²) in [4.78, 5) is 23.6. The summed E-state index contributed by atoms with van der Waals surface area (Å²) in [6.07, 6.45) is 1.11. The zero-order valence-corrected chi connectivity index (χ0v) is 13.1. The molecule has 3 N–H and O–H groups in total. The quantitative estimate of drug-likeness (QED) is 0.734. The first-order valence-electron chi connectivity index (χ1n) is 6.48. The first-order valence-corrected chi connectivity index (χ1v) is 7.56. The van der Waals surface area contributed by atoms with Crippen molar-refractivity contribution in [2.75, 3.05) is 13.2 Å². The maximum Gasteiger partial charge on any atom is 0.240 e. The van der Waals surface area contributed by atoms with E-state index >= 15 is 0 Å². The molecular formula is C14H17IN2O3. The van der Waals surface area contributed by atoms with Crippen LogP contribution in [0, 0.1) is 9.49 Å². The number of nitrogens with two attached hydrogens (primary N) is 1. The van der Waals surface area contributed by atoms with Gasteiger partial charge in [0.05, 0.1) is 12.5 Å². The normalized spacial score (nSPS) is 19.6. The highest BCUT2D eigenvalue weighted by molar-refractivity contribution is 14.1. The Morgan fingerprint density at radius 3 is 2.80 bits per heavy atom. The lowest BCUT2D eigenvalue weighted by Crippen LogP contribution is -2.48. The zero-order valence-electron chi connectivity index (χ0n) is 11.0. The predicted molar refractivity (Wildman–Crippen MR) is 82.9 cm³/mol. The third-order valence-electron chi connectivity index (χ3n) is 3.34. The van der Waals surface area contributed by atoms with Crippen LogP contribution < -0.4 is 11.1 Å². The highest BCUT2D eigenvalue weighted by Crippen LogP contribution is 2.15. The van der Waals surface area contributed by atoms with Crippen molar-refractivity contribution in [2.45, 2.75) is 18.9 Å². The van der Waals surface area contributed by atoms with Crippen molar-refractivity contribution in [1.82, 2.24) is 5.32 Å². The van der Waals surface area contributed by atoms with Gasteiger partial charge in [-0.15, -0.1) is 0 Å². The summed E-state index contributed by atoms with van der Waals surface area (Å²) in [5.41, 5.74) is 6.39. The molecule has 1 saturated heterocycles. The Hall–Kier alpha value is -1.15. The van der Waals surface area contributed by atoms with Crippen molar-refractivity contribution < 1.29 is 14.3 Å². The van der Waals surface area contributed by atoms with Crippen LogP contribution in [0.15, 0.2) is 24.3 Å². The third kappa shape index (κ3) is 3.92. The van der Waals surface area contributed by atoms with Gasteiger partial charge in [-0.25, -0.2) is 0 Å². The molecule has 6 heteroatoms. The monoisotopic (exact) mass is 388 g/mol. The second kappa shape index (κ2) is 7.03. The minimum Gasteiger partial charge on any atom is -0.381 e. The summed E-state index contributed by atoms with van der Waals surface area (Å²) in [6.45, 7) is 1.01. The zero-order chi connectivity index (χ0) is 14.5. The molecule has 0 bridgehead atoms. The van der Waals surface area contributed by atoms with Crippen molar-refractivity contribution in [1.29, 1.82) is 0 Å². The molecule has 0 aromatic heterocycles. The summed E-state index contributed by atoms with van der Waals surface area (Å²) >= 11 is 2.20. The molecule has 2 rings (SSSR count). The molecule has 1 heterocycles. The highest BCUT2D eigenvalue weighted by atomic mass is 127. The smallest absolute Gasteiger partial charge is 0.240 e. The van der Waals surface area contributed by atoms with E-state index in [1.54, 1.807) is 0 Å². The largest absolute Gasteiger partial charge is 0.381 e. The molecule has 0 radical (unpaired) electrons. The number of rotatable bonds is 5. The minimum atomic E-state index is -0.681. The van der Waals surface area contributed by atoms with Gasteiger partial charge in [-0.05, 0) is 40.6 Å². The van der Waals surface area contributed by atoms with Crippen molar-refractivity contribution >= 4 is 34.4 Å². The first-order chi connectivity index (χ1) is 9.58.